The summed E-state index contributed by atoms with van der Waals surface area (Å²) in [6, 6.07) is 28.3. The van der Waals surface area contributed by atoms with Gasteiger partial charge in [0.2, 0.25) is 0 Å². The molecule has 0 saturated heterocycles. The summed E-state index contributed by atoms with van der Waals surface area (Å²) >= 11 is 0. The molecule has 11 rings (SSSR count). The predicted octanol–water partition coefficient (Wildman–Crippen LogP) is 10.3. The third-order valence-corrected chi connectivity index (χ3v) is 14.7. The van der Waals surface area contributed by atoms with Crippen molar-refractivity contribution in [1.29, 1.82) is 0 Å². The van der Waals surface area contributed by atoms with E-state index in [4.69, 9.17) is 18.9 Å². The highest BCUT2D eigenvalue weighted by Crippen LogP contribution is 2.53. The first-order chi connectivity index (χ1) is 27.6. The minimum Gasteiger partial charge on any atom is -0.486 e. The van der Waals surface area contributed by atoms with Crippen molar-refractivity contribution in [3.63, 3.8) is 0 Å². The van der Waals surface area contributed by atoms with E-state index in [1.807, 2.05) is 0 Å². The SMILES string of the molecule is Cc1cc2c3c(c1)N(c1ccc4c(c1)C(C)(C)CCC4(C)C)c1cc4c(cc1B3c1cc3c(cc1N2c1ccc2c(c1)OCCO2)OCCO3)C(C)(C)CCC4(C)C. The first-order valence-electron chi connectivity index (χ1n) is 21.5. The molecule has 6 aliphatic rings. The van der Waals surface area contributed by atoms with Crippen molar-refractivity contribution in [3.05, 3.63) is 101 Å². The molecule has 0 atom stereocenters. The number of fused-ring (bicyclic) bond motifs is 8. The first kappa shape index (κ1) is 36.1. The molecule has 4 heterocycles. The van der Waals surface area contributed by atoms with Gasteiger partial charge in [0.05, 0.1) is 5.69 Å². The van der Waals surface area contributed by atoms with Crippen LogP contribution in [0.4, 0.5) is 34.1 Å². The van der Waals surface area contributed by atoms with E-state index >= 15 is 0 Å². The second-order valence-corrected chi connectivity index (χ2v) is 20.4. The van der Waals surface area contributed by atoms with Crippen LogP contribution in [0.1, 0.15) is 109 Å². The van der Waals surface area contributed by atoms with Crippen molar-refractivity contribution in [3.8, 4) is 23.0 Å². The minimum absolute atomic E-state index is 0.0322. The summed E-state index contributed by atoms with van der Waals surface area (Å²) < 4.78 is 24.9. The van der Waals surface area contributed by atoms with Crippen LogP contribution in [0.15, 0.2) is 72.8 Å². The normalized spacial score (nSPS) is 20.6. The van der Waals surface area contributed by atoms with Crippen molar-refractivity contribution in [2.45, 2.75) is 110 Å². The minimum atomic E-state index is -0.0322. The molecule has 0 N–H and O–H groups in total. The molecular weight excluding hydrogens is 715 g/mol. The Hall–Kier alpha value is -5.04. The Kier molecular flexibility index (Phi) is 7.48. The topological polar surface area (TPSA) is 43.4 Å². The number of aryl methyl sites for hydroxylation is 1. The summed E-state index contributed by atoms with van der Waals surface area (Å²) in [5, 5.41) is 0. The van der Waals surface area contributed by atoms with E-state index in [9.17, 15) is 0 Å². The highest BCUT2D eigenvalue weighted by molar-refractivity contribution is 7.00. The second kappa shape index (κ2) is 12.0. The van der Waals surface area contributed by atoms with Gasteiger partial charge in [-0.05, 0) is 147 Å². The molecule has 0 fully saturated rings. The number of ether oxygens (including phenoxy) is 4. The molecule has 58 heavy (non-hydrogen) atoms. The molecule has 0 aromatic heterocycles. The molecule has 5 aromatic rings. The molecular formula is C51H55BN2O4. The zero-order valence-electron chi connectivity index (χ0n) is 35.7. The monoisotopic (exact) mass is 770 g/mol. The Morgan fingerprint density at radius 2 is 0.879 bits per heavy atom. The molecule has 7 heteroatoms. The van der Waals surface area contributed by atoms with Crippen LogP contribution in [0.3, 0.4) is 0 Å². The fourth-order valence-corrected chi connectivity index (χ4v) is 11.2. The maximum atomic E-state index is 6.38. The third-order valence-electron chi connectivity index (χ3n) is 14.7. The molecule has 296 valence electrons. The van der Waals surface area contributed by atoms with Crippen LogP contribution in [0.2, 0.25) is 0 Å². The van der Waals surface area contributed by atoms with Gasteiger partial charge in [0.15, 0.2) is 23.0 Å². The van der Waals surface area contributed by atoms with Crippen LogP contribution in [0.25, 0.3) is 0 Å². The molecule has 4 aliphatic heterocycles. The van der Waals surface area contributed by atoms with Crippen molar-refractivity contribution in [2.24, 2.45) is 0 Å². The molecule has 0 unspecified atom stereocenters. The predicted molar refractivity (Wildman–Crippen MR) is 238 cm³/mol. The van der Waals surface area contributed by atoms with E-state index in [0.29, 0.717) is 26.4 Å². The van der Waals surface area contributed by atoms with Gasteiger partial charge in [0, 0.05) is 40.6 Å². The fraction of sp³-hybridized carbons (Fsp3) is 0.412. The van der Waals surface area contributed by atoms with Gasteiger partial charge in [-0.25, -0.2) is 0 Å². The molecule has 0 amide bonds. The highest BCUT2D eigenvalue weighted by atomic mass is 16.6. The van der Waals surface area contributed by atoms with Crippen molar-refractivity contribution in [2.75, 3.05) is 36.2 Å². The van der Waals surface area contributed by atoms with Crippen LogP contribution >= 0.6 is 0 Å². The molecule has 2 aliphatic carbocycles. The lowest BCUT2D eigenvalue weighted by atomic mass is 9.33. The number of benzene rings is 5. The van der Waals surface area contributed by atoms with Gasteiger partial charge in [-0.2, -0.15) is 0 Å². The number of rotatable bonds is 2. The first-order valence-corrected chi connectivity index (χ1v) is 21.5. The van der Waals surface area contributed by atoms with Gasteiger partial charge >= 0.3 is 0 Å². The van der Waals surface area contributed by atoms with E-state index in [1.54, 1.807) is 0 Å². The maximum Gasteiger partial charge on any atom is 0.252 e. The summed E-state index contributed by atoms with van der Waals surface area (Å²) in [5.41, 5.74) is 18.3. The fourth-order valence-electron chi connectivity index (χ4n) is 11.2. The van der Waals surface area contributed by atoms with Crippen LogP contribution in [-0.2, 0) is 21.7 Å². The van der Waals surface area contributed by atoms with Gasteiger partial charge in [-0.15, -0.1) is 0 Å². The average Bonchev–Trinajstić information content (AvgIpc) is 3.20. The van der Waals surface area contributed by atoms with Crippen LogP contribution in [0.5, 0.6) is 23.0 Å². The van der Waals surface area contributed by atoms with Gasteiger partial charge in [-0.3, -0.25) is 0 Å². The molecule has 0 radical (unpaired) electrons. The Morgan fingerprint density at radius 3 is 1.50 bits per heavy atom. The maximum absolute atomic E-state index is 6.38. The summed E-state index contributed by atoms with van der Waals surface area (Å²) in [7, 11) is 0. The molecule has 0 saturated carbocycles. The van der Waals surface area contributed by atoms with Gasteiger partial charge in [-0.1, -0.05) is 67.5 Å². The number of nitrogens with zero attached hydrogens (tertiary/aromatic N) is 2. The second-order valence-electron chi connectivity index (χ2n) is 20.4. The van der Waals surface area contributed by atoms with Crippen LogP contribution in [0, 0.1) is 6.92 Å². The van der Waals surface area contributed by atoms with Crippen molar-refractivity contribution in [1.82, 2.24) is 0 Å². The summed E-state index contributed by atoms with van der Waals surface area (Å²) in [5.74, 6) is 3.16. The lowest BCUT2D eigenvalue weighted by molar-refractivity contribution is 0.171. The quantitative estimate of drug-likeness (QED) is 0.163. The van der Waals surface area contributed by atoms with Crippen molar-refractivity contribution < 1.29 is 18.9 Å². The lowest BCUT2D eigenvalue weighted by Gasteiger charge is -2.48. The Labute approximate surface area is 344 Å². The van der Waals surface area contributed by atoms with E-state index in [2.05, 4.69) is 145 Å². The molecule has 6 nitrogen and oxygen atoms in total. The standard InChI is InChI=1S/C51H55BN2O4/c1-30-22-41-47-42(23-30)54(32-11-13-43-44(25-32)56-19-18-55-43)40-29-46-45(57-20-21-58-46)28-38(40)52(47)37-26-35-36(51(8,9)17-16-50(35,6)7)27-39(37)53(41)31-10-12-33-34(24-31)49(4,5)15-14-48(33,2)3/h10-13,22-29H,14-21H2,1-9H3. The Morgan fingerprint density at radius 1 is 0.431 bits per heavy atom. The summed E-state index contributed by atoms with van der Waals surface area (Å²) in [6.45, 7) is 23.9. The van der Waals surface area contributed by atoms with Gasteiger partial charge in [0.1, 0.15) is 26.4 Å². The van der Waals surface area contributed by atoms with Crippen LogP contribution in [-0.4, -0.2) is 33.1 Å². The van der Waals surface area contributed by atoms with Gasteiger partial charge in [0.25, 0.3) is 6.71 Å². The van der Waals surface area contributed by atoms with E-state index in [1.165, 1.54) is 79.8 Å². The third kappa shape index (κ3) is 5.16. The summed E-state index contributed by atoms with van der Waals surface area (Å²) in [4.78, 5) is 5.06. The zero-order valence-corrected chi connectivity index (χ0v) is 35.7. The number of hydrogen-bond donors (Lipinski definition) is 0. The molecule has 0 spiro atoms. The highest BCUT2D eigenvalue weighted by Gasteiger charge is 2.48. The van der Waals surface area contributed by atoms with Crippen LogP contribution < -0.4 is 45.1 Å². The van der Waals surface area contributed by atoms with Gasteiger partial charge < -0.3 is 28.7 Å². The smallest absolute Gasteiger partial charge is 0.252 e. The summed E-state index contributed by atoms with van der Waals surface area (Å²) in [6.07, 6.45) is 4.68. The van der Waals surface area contributed by atoms with E-state index in [-0.39, 0.29) is 28.4 Å². The van der Waals surface area contributed by atoms with E-state index < -0.39 is 0 Å². The number of hydrogen-bond acceptors (Lipinski definition) is 6. The Bertz CT molecular complexity index is 2590. The van der Waals surface area contributed by atoms with Crippen molar-refractivity contribution >= 4 is 57.2 Å². The lowest BCUT2D eigenvalue weighted by Crippen LogP contribution is -2.62. The Balaban J connectivity index is 1.24. The zero-order chi connectivity index (χ0) is 40.1. The van der Waals surface area contributed by atoms with E-state index in [0.717, 1.165) is 47.2 Å². The average molecular weight is 771 g/mol. The molecule has 0 bridgehead atoms. The largest absolute Gasteiger partial charge is 0.486 e. The number of anilines is 6. The molecule has 5 aromatic carbocycles.